The summed E-state index contributed by atoms with van der Waals surface area (Å²) in [5, 5.41) is 2.02. The first-order valence-corrected chi connectivity index (χ1v) is 5.86. The Morgan fingerprint density at radius 2 is 2.14 bits per heavy atom. The Labute approximate surface area is 94.9 Å². The van der Waals surface area contributed by atoms with Crippen LogP contribution in [0.15, 0.2) is 40.3 Å². The molecule has 1 unspecified atom stereocenters. The minimum Gasteiger partial charge on any atom is -0.318 e. The van der Waals surface area contributed by atoms with E-state index in [0.717, 1.165) is 15.2 Å². The van der Waals surface area contributed by atoms with Crippen molar-refractivity contribution in [3.05, 3.63) is 50.9 Å². The highest BCUT2D eigenvalue weighted by Crippen LogP contribution is 2.23. The van der Waals surface area contributed by atoms with E-state index in [-0.39, 0.29) is 6.04 Å². The monoisotopic (exact) mass is 268 g/mol. The quantitative estimate of drug-likeness (QED) is 0.851. The number of halogens is 1. The van der Waals surface area contributed by atoms with Crippen molar-refractivity contribution >= 4 is 27.3 Å². The van der Waals surface area contributed by atoms with Crippen LogP contribution in [0.1, 0.15) is 16.6 Å². The zero-order valence-electron chi connectivity index (χ0n) is 7.35. The third-order valence-electron chi connectivity index (χ3n) is 1.90. The lowest BCUT2D eigenvalue weighted by Crippen LogP contribution is -2.11. The van der Waals surface area contributed by atoms with Gasteiger partial charge in [0.25, 0.3) is 0 Å². The number of nitrogens with two attached hydrogens (primary N) is 1. The summed E-state index contributed by atoms with van der Waals surface area (Å²) in [6.07, 6.45) is 0. The number of thiophene rings is 1. The molecule has 2 heterocycles. The van der Waals surface area contributed by atoms with Crippen LogP contribution in [0.25, 0.3) is 0 Å². The lowest BCUT2D eigenvalue weighted by molar-refractivity contribution is 0.842. The van der Waals surface area contributed by atoms with Crippen molar-refractivity contribution in [2.24, 2.45) is 5.73 Å². The van der Waals surface area contributed by atoms with Crippen LogP contribution < -0.4 is 5.73 Å². The number of hydrogen-bond acceptors (Lipinski definition) is 3. The van der Waals surface area contributed by atoms with Gasteiger partial charge in [0.05, 0.1) is 11.7 Å². The molecule has 1 atom stereocenters. The largest absolute Gasteiger partial charge is 0.318 e. The van der Waals surface area contributed by atoms with E-state index in [9.17, 15) is 0 Å². The fraction of sp³-hybridized carbons (Fsp3) is 0.100. The number of hydrogen-bond donors (Lipinski definition) is 1. The molecule has 2 rings (SSSR count). The Balaban J connectivity index is 2.32. The smallest absolute Gasteiger partial charge is 0.106 e. The maximum atomic E-state index is 6.06. The van der Waals surface area contributed by atoms with Crippen molar-refractivity contribution in [3.63, 3.8) is 0 Å². The second-order valence-electron chi connectivity index (χ2n) is 2.88. The average molecular weight is 269 g/mol. The zero-order chi connectivity index (χ0) is 9.97. The van der Waals surface area contributed by atoms with Crippen molar-refractivity contribution in [3.8, 4) is 0 Å². The summed E-state index contributed by atoms with van der Waals surface area (Å²) in [5.41, 5.74) is 6.95. The summed E-state index contributed by atoms with van der Waals surface area (Å²) in [6, 6.07) is 9.68. The molecule has 4 heteroatoms. The molecule has 0 saturated carbocycles. The van der Waals surface area contributed by atoms with Crippen LogP contribution in [-0.4, -0.2) is 4.98 Å². The molecule has 0 saturated heterocycles. The molecular weight excluding hydrogens is 260 g/mol. The van der Waals surface area contributed by atoms with Crippen LogP contribution in [0.2, 0.25) is 0 Å². The fourth-order valence-corrected chi connectivity index (χ4v) is 2.31. The molecule has 2 aromatic heterocycles. The van der Waals surface area contributed by atoms with Crippen LogP contribution in [0.3, 0.4) is 0 Å². The predicted molar refractivity (Wildman–Crippen MR) is 62.3 cm³/mol. The van der Waals surface area contributed by atoms with Gasteiger partial charge in [0, 0.05) is 4.88 Å². The van der Waals surface area contributed by atoms with Crippen LogP contribution in [0.5, 0.6) is 0 Å². The molecule has 0 radical (unpaired) electrons. The van der Waals surface area contributed by atoms with E-state index in [2.05, 4.69) is 20.9 Å². The van der Waals surface area contributed by atoms with Gasteiger partial charge in [0.2, 0.25) is 0 Å². The van der Waals surface area contributed by atoms with Crippen molar-refractivity contribution in [2.45, 2.75) is 6.04 Å². The van der Waals surface area contributed by atoms with Gasteiger partial charge in [0.15, 0.2) is 0 Å². The van der Waals surface area contributed by atoms with Gasteiger partial charge in [-0.1, -0.05) is 12.1 Å². The Kier molecular flexibility index (Phi) is 2.96. The van der Waals surface area contributed by atoms with Crippen molar-refractivity contribution in [2.75, 3.05) is 0 Å². The summed E-state index contributed by atoms with van der Waals surface area (Å²) >= 11 is 4.98. The van der Waals surface area contributed by atoms with Crippen molar-refractivity contribution in [1.82, 2.24) is 4.98 Å². The topological polar surface area (TPSA) is 38.9 Å². The third kappa shape index (κ3) is 2.03. The number of nitrogens with zero attached hydrogens (tertiary/aromatic N) is 1. The standard InChI is InChI=1S/C10H9BrN2S/c11-9-5-1-3-7(13-9)10(12)8-4-2-6-14-8/h1-6,10H,12H2. The fourth-order valence-electron chi connectivity index (χ4n) is 1.21. The van der Waals surface area contributed by atoms with E-state index < -0.39 is 0 Å². The molecule has 2 nitrogen and oxygen atoms in total. The number of aromatic nitrogens is 1. The normalized spacial score (nSPS) is 12.7. The lowest BCUT2D eigenvalue weighted by Gasteiger charge is -2.08. The van der Waals surface area contributed by atoms with E-state index in [1.54, 1.807) is 11.3 Å². The molecule has 0 aliphatic carbocycles. The van der Waals surface area contributed by atoms with Crippen LogP contribution in [0.4, 0.5) is 0 Å². The van der Waals surface area contributed by atoms with Crippen molar-refractivity contribution < 1.29 is 0 Å². The predicted octanol–water partition coefficient (Wildman–Crippen LogP) is 2.95. The molecule has 72 valence electrons. The second-order valence-corrected chi connectivity index (χ2v) is 4.67. The Morgan fingerprint density at radius 1 is 1.29 bits per heavy atom. The maximum Gasteiger partial charge on any atom is 0.106 e. The Morgan fingerprint density at radius 3 is 2.79 bits per heavy atom. The van der Waals surface area contributed by atoms with E-state index >= 15 is 0 Å². The molecule has 14 heavy (non-hydrogen) atoms. The molecule has 2 aromatic rings. The Bertz CT molecular complexity index is 414. The van der Waals surface area contributed by atoms with E-state index in [1.807, 2.05) is 35.7 Å². The molecule has 0 bridgehead atoms. The summed E-state index contributed by atoms with van der Waals surface area (Å²) in [7, 11) is 0. The highest BCUT2D eigenvalue weighted by atomic mass is 79.9. The van der Waals surface area contributed by atoms with Crippen LogP contribution >= 0.6 is 27.3 Å². The minimum absolute atomic E-state index is 0.118. The first-order valence-electron chi connectivity index (χ1n) is 4.19. The SMILES string of the molecule is NC(c1cccc(Br)n1)c1cccs1. The molecule has 2 N–H and O–H groups in total. The second kappa shape index (κ2) is 4.21. The molecule has 0 aromatic carbocycles. The van der Waals surface area contributed by atoms with E-state index in [0.29, 0.717) is 0 Å². The Hall–Kier alpha value is -0.710. The van der Waals surface area contributed by atoms with Gasteiger partial charge in [-0.15, -0.1) is 11.3 Å². The summed E-state index contributed by atoms with van der Waals surface area (Å²) in [4.78, 5) is 5.46. The third-order valence-corrected chi connectivity index (χ3v) is 3.30. The minimum atomic E-state index is -0.118. The number of rotatable bonds is 2. The van der Waals surface area contributed by atoms with Crippen LogP contribution in [0, 0.1) is 0 Å². The average Bonchev–Trinajstić information content (AvgIpc) is 2.69. The number of pyridine rings is 1. The summed E-state index contributed by atoms with van der Waals surface area (Å²) in [5.74, 6) is 0. The molecular formula is C10H9BrN2S. The highest BCUT2D eigenvalue weighted by Gasteiger charge is 2.10. The van der Waals surface area contributed by atoms with Gasteiger partial charge in [-0.3, -0.25) is 0 Å². The van der Waals surface area contributed by atoms with Gasteiger partial charge >= 0.3 is 0 Å². The van der Waals surface area contributed by atoms with Gasteiger partial charge in [-0.25, -0.2) is 4.98 Å². The first kappa shape index (κ1) is 9.83. The van der Waals surface area contributed by atoms with Crippen molar-refractivity contribution in [1.29, 1.82) is 0 Å². The van der Waals surface area contributed by atoms with Gasteiger partial charge in [0.1, 0.15) is 4.60 Å². The maximum absolute atomic E-state index is 6.06. The summed E-state index contributed by atoms with van der Waals surface area (Å²) < 4.78 is 0.821. The molecule has 0 aliphatic heterocycles. The zero-order valence-corrected chi connectivity index (χ0v) is 9.75. The van der Waals surface area contributed by atoms with Gasteiger partial charge in [-0.05, 0) is 39.5 Å². The molecule has 0 amide bonds. The van der Waals surface area contributed by atoms with E-state index in [1.165, 1.54) is 0 Å². The van der Waals surface area contributed by atoms with Crippen LogP contribution in [-0.2, 0) is 0 Å². The first-order chi connectivity index (χ1) is 6.77. The molecule has 0 fully saturated rings. The highest BCUT2D eigenvalue weighted by molar-refractivity contribution is 9.10. The van der Waals surface area contributed by atoms with Gasteiger partial charge in [-0.2, -0.15) is 0 Å². The van der Waals surface area contributed by atoms with E-state index in [4.69, 9.17) is 5.73 Å². The molecule has 0 spiro atoms. The van der Waals surface area contributed by atoms with Gasteiger partial charge < -0.3 is 5.73 Å². The summed E-state index contributed by atoms with van der Waals surface area (Å²) in [6.45, 7) is 0. The lowest BCUT2D eigenvalue weighted by atomic mass is 10.2. The molecule has 0 aliphatic rings.